The number of nitrogens with one attached hydrogen (secondary N) is 1. The van der Waals surface area contributed by atoms with E-state index >= 15 is 0 Å². The Hall–Kier alpha value is -2.49. The molecule has 0 spiro atoms. The minimum absolute atomic E-state index is 0.0681. The number of rotatable bonds is 6. The number of hydrogen-bond acceptors (Lipinski definition) is 3. The van der Waals surface area contributed by atoms with E-state index in [0.717, 1.165) is 12.0 Å². The minimum Gasteiger partial charge on any atom is -0.493 e. The van der Waals surface area contributed by atoms with Crippen molar-refractivity contribution in [3.05, 3.63) is 59.2 Å². The number of carbonyl (C=O) groups excluding carboxylic acids is 1. The molecule has 0 aromatic heterocycles. The van der Waals surface area contributed by atoms with Crippen LogP contribution in [0.4, 0.5) is 0 Å². The van der Waals surface area contributed by atoms with Gasteiger partial charge < -0.3 is 14.8 Å². The number of hydrogen-bond donors (Lipinski definition) is 1. The zero-order valence-corrected chi connectivity index (χ0v) is 14.1. The molecule has 4 nitrogen and oxygen atoms in total. The van der Waals surface area contributed by atoms with Gasteiger partial charge in [0.15, 0.2) is 11.5 Å². The van der Waals surface area contributed by atoms with E-state index in [2.05, 4.69) is 36.5 Å². The summed E-state index contributed by atoms with van der Waals surface area (Å²) in [6.07, 6.45) is 1.01. The van der Waals surface area contributed by atoms with Gasteiger partial charge >= 0.3 is 0 Å². The van der Waals surface area contributed by atoms with Crippen molar-refractivity contribution in [3.8, 4) is 11.5 Å². The van der Waals surface area contributed by atoms with Gasteiger partial charge in [-0.15, -0.1) is 0 Å². The van der Waals surface area contributed by atoms with E-state index in [-0.39, 0.29) is 11.9 Å². The van der Waals surface area contributed by atoms with Gasteiger partial charge in [0.2, 0.25) is 0 Å². The van der Waals surface area contributed by atoms with Gasteiger partial charge in [0.25, 0.3) is 5.91 Å². The van der Waals surface area contributed by atoms with Crippen molar-refractivity contribution in [2.24, 2.45) is 0 Å². The van der Waals surface area contributed by atoms with Crippen LogP contribution in [0.2, 0.25) is 0 Å². The quantitative estimate of drug-likeness (QED) is 0.883. The number of carbonyl (C=O) groups is 1. The van der Waals surface area contributed by atoms with Crippen LogP contribution in [-0.2, 0) is 6.42 Å². The van der Waals surface area contributed by atoms with E-state index in [9.17, 15) is 4.79 Å². The van der Waals surface area contributed by atoms with Crippen molar-refractivity contribution in [1.29, 1.82) is 0 Å². The summed E-state index contributed by atoms with van der Waals surface area (Å²) in [5.74, 6) is 1.00. The predicted molar refractivity (Wildman–Crippen MR) is 91.2 cm³/mol. The first-order valence-corrected chi connectivity index (χ1v) is 7.70. The predicted octanol–water partition coefficient (Wildman–Crippen LogP) is 3.76. The SMILES string of the molecule is CCc1ccc([C@H](C)NC(=O)c2ccc(OC)c(OC)c2)cc1. The molecule has 0 heterocycles. The highest BCUT2D eigenvalue weighted by atomic mass is 16.5. The molecule has 2 rings (SSSR count). The van der Waals surface area contributed by atoms with Crippen LogP contribution in [-0.4, -0.2) is 20.1 Å². The average molecular weight is 313 g/mol. The lowest BCUT2D eigenvalue weighted by Gasteiger charge is -2.16. The Morgan fingerprint density at radius 2 is 1.70 bits per heavy atom. The van der Waals surface area contributed by atoms with E-state index in [4.69, 9.17) is 9.47 Å². The summed E-state index contributed by atoms with van der Waals surface area (Å²) in [5, 5.41) is 3.00. The second kappa shape index (κ2) is 7.68. The summed E-state index contributed by atoms with van der Waals surface area (Å²) in [5.41, 5.74) is 2.91. The van der Waals surface area contributed by atoms with E-state index in [0.29, 0.717) is 17.1 Å². The molecule has 0 saturated carbocycles. The molecule has 2 aromatic rings. The highest BCUT2D eigenvalue weighted by molar-refractivity contribution is 5.95. The molecule has 0 fully saturated rings. The molecule has 1 atom stereocenters. The number of methoxy groups -OCH3 is 2. The van der Waals surface area contributed by atoms with E-state index < -0.39 is 0 Å². The molecular weight excluding hydrogens is 290 g/mol. The number of benzene rings is 2. The van der Waals surface area contributed by atoms with Crippen molar-refractivity contribution in [2.75, 3.05) is 14.2 Å². The van der Waals surface area contributed by atoms with Crippen LogP contribution in [0.15, 0.2) is 42.5 Å². The first-order valence-electron chi connectivity index (χ1n) is 7.70. The molecule has 0 aliphatic rings. The third kappa shape index (κ3) is 4.03. The smallest absolute Gasteiger partial charge is 0.251 e. The average Bonchev–Trinajstić information content (AvgIpc) is 2.60. The van der Waals surface area contributed by atoms with Crippen LogP contribution in [0.3, 0.4) is 0 Å². The summed E-state index contributed by atoms with van der Waals surface area (Å²) in [7, 11) is 3.12. The standard InChI is InChI=1S/C19H23NO3/c1-5-14-6-8-15(9-7-14)13(2)20-19(21)16-10-11-17(22-3)18(12-16)23-4/h6-13H,5H2,1-4H3,(H,20,21)/t13-/m0/s1. The van der Waals surface area contributed by atoms with Crippen LogP contribution in [0.1, 0.15) is 41.4 Å². The molecule has 0 aliphatic heterocycles. The molecular formula is C19H23NO3. The Morgan fingerprint density at radius 1 is 1.04 bits per heavy atom. The summed E-state index contributed by atoms with van der Waals surface area (Å²) < 4.78 is 10.4. The Balaban J connectivity index is 2.11. The van der Waals surface area contributed by atoms with Crippen molar-refractivity contribution >= 4 is 5.91 Å². The largest absolute Gasteiger partial charge is 0.493 e. The first kappa shape index (κ1) is 16.9. The van der Waals surface area contributed by atoms with Crippen molar-refractivity contribution in [2.45, 2.75) is 26.3 Å². The maximum Gasteiger partial charge on any atom is 0.251 e. The maximum absolute atomic E-state index is 12.4. The van der Waals surface area contributed by atoms with Gasteiger partial charge in [0.1, 0.15) is 0 Å². The van der Waals surface area contributed by atoms with Crippen molar-refractivity contribution in [3.63, 3.8) is 0 Å². The molecule has 1 amide bonds. The van der Waals surface area contributed by atoms with Gasteiger partial charge in [-0.3, -0.25) is 4.79 Å². The van der Waals surface area contributed by atoms with Crippen LogP contribution in [0.5, 0.6) is 11.5 Å². The van der Waals surface area contributed by atoms with Crippen molar-refractivity contribution in [1.82, 2.24) is 5.32 Å². The lowest BCUT2D eigenvalue weighted by atomic mass is 10.0. The van der Waals surface area contributed by atoms with Gasteiger partial charge in [-0.2, -0.15) is 0 Å². The van der Waals surface area contributed by atoms with Crippen LogP contribution >= 0.6 is 0 Å². The molecule has 0 bridgehead atoms. The monoisotopic (exact) mass is 313 g/mol. The highest BCUT2D eigenvalue weighted by Gasteiger charge is 2.14. The van der Waals surface area contributed by atoms with Crippen molar-refractivity contribution < 1.29 is 14.3 Å². The zero-order chi connectivity index (χ0) is 16.8. The molecule has 0 unspecified atom stereocenters. The maximum atomic E-state index is 12.4. The fourth-order valence-electron chi connectivity index (χ4n) is 2.38. The normalized spacial score (nSPS) is 11.7. The summed E-state index contributed by atoms with van der Waals surface area (Å²) in [6.45, 7) is 4.09. The second-order valence-corrected chi connectivity index (χ2v) is 5.36. The van der Waals surface area contributed by atoms with Crippen LogP contribution in [0.25, 0.3) is 0 Å². The number of aryl methyl sites for hydroxylation is 1. The second-order valence-electron chi connectivity index (χ2n) is 5.36. The number of ether oxygens (including phenoxy) is 2. The lowest BCUT2D eigenvalue weighted by Crippen LogP contribution is -2.26. The Bertz CT molecular complexity index is 665. The molecule has 1 N–H and O–H groups in total. The summed E-state index contributed by atoms with van der Waals surface area (Å²) in [6, 6.07) is 13.4. The van der Waals surface area contributed by atoms with Gasteiger partial charge in [-0.1, -0.05) is 31.2 Å². The molecule has 0 saturated heterocycles. The van der Waals surface area contributed by atoms with E-state index in [1.165, 1.54) is 5.56 Å². The summed E-state index contributed by atoms with van der Waals surface area (Å²) in [4.78, 5) is 12.4. The number of amides is 1. The van der Waals surface area contributed by atoms with Gasteiger partial charge in [0.05, 0.1) is 20.3 Å². The van der Waals surface area contributed by atoms with Gasteiger partial charge in [0, 0.05) is 5.56 Å². The molecule has 0 radical (unpaired) electrons. The van der Waals surface area contributed by atoms with E-state index in [1.54, 1.807) is 32.4 Å². The lowest BCUT2D eigenvalue weighted by molar-refractivity contribution is 0.0939. The molecule has 23 heavy (non-hydrogen) atoms. The molecule has 4 heteroatoms. The third-order valence-electron chi connectivity index (χ3n) is 3.88. The Kier molecular flexibility index (Phi) is 5.63. The first-order chi connectivity index (χ1) is 11.1. The van der Waals surface area contributed by atoms with E-state index in [1.807, 2.05) is 6.92 Å². The fraction of sp³-hybridized carbons (Fsp3) is 0.316. The van der Waals surface area contributed by atoms with Crippen LogP contribution < -0.4 is 14.8 Å². The topological polar surface area (TPSA) is 47.6 Å². The highest BCUT2D eigenvalue weighted by Crippen LogP contribution is 2.27. The minimum atomic E-state index is -0.141. The Morgan fingerprint density at radius 3 is 2.26 bits per heavy atom. The molecule has 2 aromatic carbocycles. The summed E-state index contributed by atoms with van der Waals surface area (Å²) >= 11 is 0. The van der Waals surface area contributed by atoms with Gasteiger partial charge in [-0.05, 0) is 42.7 Å². The third-order valence-corrected chi connectivity index (χ3v) is 3.88. The fourth-order valence-corrected chi connectivity index (χ4v) is 2.38. The van der Waals surface area contributed by atoms with Gasteiger partial charge in [-0.25, -0.2) is 0 Å². The molecule has 122 valence electrons. The molecule has 0 aliphatic carbocycles. The van der Waals surface area contributed by atoms with Crippen LogP contribution in [0, 0.1) is 0 Å². The Labute approximate surface area is 137 Å². The zero-order valence-electron chi connectivity index (χ0n) is 14.1.